The normalized spacial score (nSPS) is 10.1. The van der Waals surface area contributed by atoms with E-state index < -0.39 is 0 Å². The Morgan fingerprint density at radius 2 is 1.61 bits per heavy atom. The van der Waals surface area contributed by atoms with Crippen LogP contribution in [0, 0.1) is 0 Å². The number of aromatic nitrogens is 3. The van der Waals surface area contributed by atoms with Crippen molar-refractivity contribution in [1.29, 1.82) is 0 Å². The Hall–Kier alpha value is -3.28. The van der Waals surface area contributed by atoms with E-state index in [-0.39, 0.29) is 5.91 Å². The number of nitrogens with one attached hydrogen (secondary N) is 2. The quantitative estimate of drug-likeness (QED) is 0.757. The lowest BCUT2D eigenvalue weighted by molar-refractivity contribution is 0.102. The monoisotopic (exact) mass is 305 g/mol. The number of carbonyl (C=O) groups excluding carboxylic acids is 1. The molecule has 0 atom stereocenters. The first-order valence-corrected chi connectivity index (χ1v) is 7.15. The van der Waals surface area contributed by atoms with Crippen molar-refractivity contribution < 1.29 is 4.79 Å². The van der Waals surface area contributed by atoms with Gasteiger partial charge >= 0.3 is 0 Å². The zero-order valence-corrected chi connectivity index (χ0v) is 12.3. The molecule has 0 saturated heterocycles. The van der Waals surface area contributed by atoms with Gasteiger partial charge in [-0.15, -0.1) is 10.2 Å². The van der Waals surface area contributed by atoms with E-state index in [1.807, 2.05) is 36.4 Å². The van der Waals surface area contributed by atoms with Crippen molar-refractivity contribution in [3.8, 4) is 0 Å². The van der Waals surface area contributed by atoms with E-state index in [0.29, 0.717) is 23.7 Å². The number of rotatable bonds is 5. The first kappa shape index (κ1) is 14.6. The van der Waals surface area contributed by atoms with Crippen molar-refractivity contribution in [2.45, 2.75) is 6.54 Å². The first-order chi connectivity index (χ1) is 11.3. The number of amides is 1. The van der Waals surface area contributed by atoms with Crippen molar-refractivity contribution in [2.75, 3.05) is 10.6 Å². The SMILES string of the molecule is O=C(Nc1ccc(NCc2ccccn2)nn1)c1ccccc1. The molecule has 0 spiro atoms. The van der Waals surface area contributed by atoms with Gasteiger partial charge in [0.15, 0.2) is 5.82 Å². The lowest BCUT2D eigenvalue weighted by atomic mass is 10.2. The van der Waals surface area contributed by atoms with E-state index in [9.17, 15) is 4.79 Å². The Balaban J connectivity index is 1.58. The summed E-state index contributed by atoms with van der Waals surface area (Å²) in [6, 6.07) is 18.2. The minimum Gasteiger partial charge on any atom is -0.363 e. The molecule has 2 heterocycles. The van der Waals surface area contributed by atoms with Crippen molar-refractivity contribution in [2.24, 2.45) is 0 Å². The second-order valence-corrected chi connectivity index (χ2v) is 4.80. The van der Waals surface area contributed by atoms with Gasteiger partial charge in [0.1, 0.15) is 5.82 Å². The van der Waals surface area contributed by atoms with Crippen LogP contribution in [0.2, 0.25) is 0 Å². The van der Waals surface area contributed by atoms with Gasteiger partial charge in [-0.1, -0.05) is 24.3 Å². The number of anilines is 2. The molecule has 1 aromatic carbocycles. The second-order valence-electron chi connectivity index (χ2n) is 4.80. The van der Waals surface area contributed by atoms with E-state index in [4.69, 9.17) is 0 Å². The highest BCUT2D eigenvalue weighted by molar-refractivity contribution is 6.03. The van der Waals surface area contributed by atoms with Gasteiger partial charge in [-0.05, 0) is 36.4 Å². The van der Waals surface area contributed by atoms with Crippen molar-refractivity contribution in [1.82, 2.24) is 15.2 Å². The van der Waals surface area contributed by atoms with Crippen LogP contribution >= 0.6 is 0 Å². The fourth-order valence-corrected chi connectivity index (χ4v) is 1.96. The molecule has 0 unspecified atom stereocenters. The summed E-state index contributed by atoms with van der Waals surface area (Å²) in [5.41, 5.74) is 1.49. The Morgan fingerprint density at radius 1 is 0.870 bits per heavy atom. The number of carbonyl (C=O) groups is 1. The lowest BCUT2D eigenvalue weighted by Crippen LogP contribution is -2.13. The second kappa shape index (κ2) is 7.13. The van der Waals surface area contributed by atoms with Gasteiger partial charge in [-0.3, -0.25) is 9.78 Å². The van der Waals surface area contributed by atoms with Crippen LogP contribution in [0.5, 0.6) is 0 Å². The molecule has 3 aromatic rings. The minimum absolute atomic E-state index is 0.214. The number of nitrogens with zero attached hydrogens (tertiary/aromatic N) is 3. The van der Waals surface area contributed by atoms with Gasteiger partial charge < -0.3 is 10.6 Å². The third-order valence-corrected chi connectivity index (χ3v) is 3.12. The molecule has 0 aliphatic heterocycles. The Morgan fingerprint density at radius 3 is 2.30 bits per heavy atom. The van der Waals surface area contributed by atoms with Crippen LogP contribution in [0.4, 0.5) is 11.6 Å². The molecule has 6 nitrogen and oxygen atoms in total. The van der Waals surface area contributed by atoms with E-state index in [2.05, 4.69) is 25.8 Å². The molecule has 2 N–H and O–H groups in total. The average Bonchev–Trinajstić information content (AvgIpc) is 2.63. The van der Waals surface area contributed by atoms with Gasteiger partial charge in [-0.25, -0.2) is 0 Å². The average molecular weight is 305 g/mol. The zero-order chi connectivity index (χ0) is 15.9. The summed E-state index contributed by atoms with van der Waals surface area (Å²) in [6.45, 7) is 0.561. The molecule has 23 heavy (non-hydrogen) atoms. The predicted molar refractivity (Wildman–Crippen MR) is 88.0 cm³/mol. The van der Waals surface area contributed by atoms with Crippen LogP contribution < -0.4 is 10.6 Å². The third kappa shape index (κ3) is 4.10. The van der Waals surface area contributed by atoms with E-state index in [0.717, 1.165) is 5.69 Å². The van der Waals surface area contributed by atoms with Gasteiger partial charge in [0.25, 0.3) is 5.91 Å². The molecule has 0 aliphatic carbocycles. The standard InChI is InChI=1S/C17H15N5O/c23-17(13-6-2-1-3-7-13)20-16-10-9-15(21-22-16)19-12-14-8-4-5-11-18-14/h1-11H,12H2,(H,19,21)(H,20,22,23). The third-order valence-electron chi connectivity index (χ3n) is 3.12. The zero-order valence-electron chi connectivity index (χ0n) is 12.3. The molecule has 0 radical (unpaired) electrons. The fourth-order valence-electron chi connectivity index (χ4n) is 1.96. The number of hydrogen-bond acceptors (Lipinski definition) is 5. The summed E-state index contributed by atoms with van der Waals surface area (Å²) in [6.07, 6.45) is 1.74. The van der Waals surface area contributed by atoms with Crippen molar-refractivity contribution >= 4 is 17.5 Å². The van der Waals surface area contributed by atoms with Crippen LogP contribution in [-0.2, 0) is 6.54 Å². The van der Waals surface area contributed by atoms with Crippen molar-refractivity contribution in [3.63, 3.8) is 0 Å². The predicted octanol–water partition coefficient (Wildman–Crippen LogP) is 2.74. The Bertz CT molecular complexity index is 760. The highest BCUT2D eigenvalue weighted by Crippen LogP contribution is 2.09. The Kier molecular flexibility index (Phi) is 4.54. The summed E-state index contributed by atoms with van der Waals surface area (Å²) in [4.78, 5) is 16.2. The molecule has 1 amide bonds. The molecule has 0 fully saturated rings. The maximum atomic E-state index is 12.0. The molecule has 0 bridgehead atoms. The van der Waals surface area contributed by atoms with E-state index in [1.54, 1.807) is 30.5 Å². The molecule has 3 rings (SSSR count). The smallest absolute Gasteiger partial charge is 0.256 e. The van der Waals surface area contributed by atoms with Crippen LogP contribution in [-0.4, -0.2) is 21.1 Å². The van der Waals surface area contributed by atoms with Gasteiger partial charge in [-0.2, -0.15) is 0 Å². The maximum Gasteiger partial charge on any atom is 0.256 e. The summed E-state index contributed by atoms with van der Waals surface area (Å²) >= 11 is 0. The molecule has 6 heteroatoms. The molecule has 2 aromatic heterocycles. The van der Waals surface area contributed by atoms with Crippen LogP contribution in [0.15, 0.2) is 66.9 Å². The largest absolute Gasteiger partial charge is 0.363 e. The summed E-state index contributed by atoms with van der Waals surface area (Å²) in [7, 11) is 0. The Labute approximate surface area is 133 Å². The van der Waals surface area contributed by atoms with Crippen LogP contribution in [0.25, 0.3) is 0 Å². The van der Waals surface area contributed by atoms with Crippen LogP contribution in [0.1, 0.15) is 16.1 Å². The summed E-state index contributed by atoms with van der Waals surface area (Å²) < 4.78 is 0. The number of benzene rings is 1. The van der Waals surface area contributed by atoms with Gasteiger partial charge in [0.05, 0.1) is 12.2 Å². The fraction of sp³-hybridized carbons (Fsp3) is 0.0588. The van der Waals surface area contributed by atoms with E-state index >= 15 is 0 Å². The maximum absolute atomic E-state index is 12.0. The van der Waals surface area contributed by atoms with Crippen LogP contribution in [0.3, 0.4) is 0 Å². The van der Waals surface area contributed by atoms with E-state index in [1.165, 1.54) is 0 Å². The number of pyridine rings is 1. The molecule has 0 aliphatic rings. The minimum atomic E-state index is -0.214. The summed E-state index contributed by atoms with van der Waals surface area (Å²) in [5, 5.41) is 13.9. The molecular weight excluding hydrogens is 290 g/mol. The van der Waals surface area contributed by atoms with Gasteiger partial charge in [0, 0.05) is 11.8 Å². The highest BCUT2D eigenvalue weighted by Gasteiger charge is 2.06. The molecular formula is C17H15N5O. The first-order valence-electron chi connectivity index (χ1n) is 7.15. The topological polar surface area (TPSA) is 79.8 Å². The van der Waals surface area contributed by atoms with Crippen molar-refractivity contribution in [3.05, 3.63) is 78.1 Å². The molecule has 114 valence electrons. The highest BCUT2D eigenvalue weighted by atomic mass is 16.1. The lowest BCUT2D eigenvalue weighted by Gasteiger charge is -2.06. The number of hydrogen-bond donors (Lipinski definition) is 2. The molecule has 0 saturated carbocycles. The van der Waals surface area contributed by atoms with Gasteiger partial charge in [0.2, 0.25) is 0 Å². The summed E-state index contributed by atoms with van der Waals surface area (Å²) in [5.74, 6) is 0.810.